The van der Waals surface area contributed by atoms with Gasteiger partial charge in [0.1, 0.15) is 22.3 Å². The van der Waals surface area contributed by atoms with Crippen molar-refractivity contribution in [3.05, 3.63) is 45.2 Å². The average molecular weight is 433 g/mol. The summed E-state index contributed by atoms with van der Waals surface area (Å²) < 4.78 is 1.55. The SMILES string of the molecule is CCCCCNc1nc2ccccn2c(=O)c1/C=C1/SC(=S)N(CC(=O)O)C1=O. The number of nitrogens with one attached hydrogen (secondary N) is 1. The molecule has 2 N–H and O–H groups in total. The first-order valence-electron chi connectivity index (χ1n) is 9.14. The van der Waals surface area contributed by atoms with E-state index < -0.39 is 18.4 Å². The van der Waals surface area contributed by atoms with Crippen molar-refractivity contribution in [3.63, 3.8) is 0 Å². The van der Waals surface area contributed by atoms with E-state index in [1.807, 2.05) is 0 Å². The minimum Gasteiger partial charge on any atom is -0.480 e. The molecule has 8 nitrogen and oxygen atoms in total. The van der Waals surface area contributed by atoms with Gasteiger partial charge in [0.05, 0.1) is 10.5 Å². The molecule has 0 spiro atoms. The number of thiocarbonyl (C=S) groups is 1. The lowest BCUT2D eigenvalue weighted by Gasteiger charge is -2.11. The van der Waals surface area contributed by atoms with E-state index in [1.54, 1.807) is 24.4 Å². The second-order valence-electron chi connectivity index (χ2n) is 6.40. The van der Waals surface area contributed by atoms with Gasteiger partial charge in [-0.2, -0.15) is 0 Å². The van der Waals surface area contributed by atoms with Gasteiger partial charge in [0.2, 0.25) is 0 Å². The number of carbonyl (C=O) groups is 2. The van der Waals surface area contributed by atoms with E-state index in [0.29, 0.717) is 18.0 Å². The summed E-state index contributed by atoms with van der Waals surface area (Å²) in [5, 5.41) is 12.2. The standard InChI is InChI=1S/C19H20N4O4S2/c1-2-3-5-8-20-16-12(17(26)22-9-6-4-7-14(22)21-16)10-13-18(27)23(11-15(24)25)19(28)29-13/h4,6-7,9-10,20H,2-3,5,8,11H2,1H3,(H,24,25)/b13-10+. The summed E-state index contributed by atoms with van der Waals surface area (Å²) in [6.07, 6.45) is 6.08. The fraction of sp³-hybridized carbons (Fsp3) is 0.316. The van der Waals surface area contributed by atoms with Crippen LogP contribution in [0.15, 0.2) is 34.1 Å². The number of pyridine rings is 1. The molecule has 0 unspecified atom stereocenters. The molecule has 0 radical (unpaired) electrons. The van der Waals surface area contributed by atoms with Gasteiger partial charge in [-0.15, -0.1) is 0 Å². The Bertz CT molecular complexity index is 1060. The van der Waals surface area contributed by atoms with Crippen LogP contribution in [0.3, 0.4) is 0 Å². The van der Waals surface area contributed by atoms with E-state index in [0.717, 1.165) is 35.9 Å². The predicted octanol–water partition coefficient (Wildman–Crippen LogP) is 2.58. The first kappa shape index (κ1) is 21.0. The molecule has 29 heavy (non-hydrogen) atoms. The van der Waals surface area contributed by atoms with Crippen LogP contribution in [0, 0.1) is 0 Å². The van der Waals surface area contributed by atoms with Crippen LogP contribution >= 0.6 is 24.0 Å². The minimum absolute atomic E-state index is 0.148. The largest absolute Gasteiger partial charge is 0.480 e. The Labute approximate surface area is 176 Å². The number of aromatic nitrogens is 2. The molecule has 1 aliphatic heterocycles. The van der Waals surface area contributed by atoms with E-state index >= 15 is 0 Å². The molecule has 1 fully saturated rings. The van der Waals surface area contributed by atoms with Crippen LogP contribution in [0.5, 0.6) is 0 Å². The number of carbonyl (C=O) groups excluding carboxylic acids is 1. The Morgan fingerprint density at radius 3 is 2.86 bits per heavy atom. The van der Waals surface area contributed by atoms with Gasteiger partial charge < -0.3 is 10.4 Å². The quantitative estimate of drug-likeness (QED) is 0.373. The van der Waals surface area contributed by atoms with E-state index in [9.17, 15) is 14.4 Å². The molecule has 2 aromatic heterocycles. The van der Waals surface area contributed by atoms with Crippen LogP contribution in [-0.4, -0.2) is 48.7 Å². The number of hydrogen-bond acceptors (Lipinski definition) is 7. The number of unbranched alkanes of at least 4 members (excludes halogenated alkanes) is 2. The Morgan fingerprint density at radius 1 is 1.34 bits per heavy atom. The van der Waals surface area contributed by atoms with Gasteiger partial charge in [0.25, 0.3) is 11.5 Å². The molecule has 3 rings (SSSR count). The van der Waals surface area contributed by atoms with Gasteiger partial charge in [0, 0.05) is 12.7 Å². The van der Waals surface area contributed by atoms with Crippen LogP contribution in [0.25, 0.3) is 11.7 Å². The lowest BCUT2D eigenvalue weighted by atomic mass is 10.2. The zero-order valence-corrected chi connectivity index (χ0v) is 17.4. The summed E-state index contributed by atoms with van der Waals surface area (Å²) in [6, 6.07) is 5.24. The van der Waals surface area contributed by atoms with Gasteiger partial charge in [0.15, 0.2) is 0 Å². The van der Waals surface area contributed by atoms with Crippen molar-refractivity contribution in [3.8, 4) is 0 Å². The summed E-state index contributed by atoms with van der Waals surface area (Å²) in [7, 11) is 0. The maximum atomic E-state index is 13.1. The lowest BCUT2D eigenvalue weighted by Crippen LogP contribution is -2.33. The number of carboxylic acids is 1. The molecule has 0 aliphatic carbocycles. The number of aliphatic carboxylic acids is 1. The summed E-state index contributed by atoms with van der Waals surface area (Å²) >= 11 is 6.10. The average Bonchev–Trinajstić information content (AvgIpc) is 2.95. The lowest BCUT2D eigenvalue weighted by molar-refractivity contribution is -0.140. The molecule has 0 saturated carbocycles. The van der Waals surface area contributed by atoms with Gasteiger partial charge >= 0.3 is 5.97 Å². The fourth-order valence-corrected chi connectivity index (χ4v) is 4.09. The number of anilines is 1. The molecular weight excluding hydrogens is 412 g/mol. The number of thioether (sulfide) groups is 1. The van der Waals surface area contributed by atoms with Crippen molar-refractivity contribution >= 4 is 57.7 Å². The summed E-state index contributed by atoms with van der Waals surface area (Å²) in [5.74, 6) is -1.30. The molecule has 0 atom stereocenters. The minimum atomic E-state index is -1.16. The Morgan fingerprint density at radius 2 is 2.14 bits per heavy atom. The van der Waals surface area contributed by atoms with Crippen molar-refractivity contribution < 1.29 is 14.7 Å². The summed E-state index contributed by atoms with van der Waals surface area (Å²) in [4.78, 5) is 42.3. The van der Waals surface area contributed by atoms with E-state index in [-0.39, 0.29) is 20.3 Å². The monoisotopic (exact) mass is 432 g/mol. The van der Waals surface area contributed by atoms with Gasteiger partial charge in [-0.25, -0.2) is 4.98 Å². The third-order valence-corrected chi connectivity index (χ3v) is 5.66. The first-order valence-corrected chi connectivity index (χ1v) is 10.4. The smallest absolute Gasteiger partial charge is 0.323 e. The normalized spacial score (nSPS) is 15.5. The highest BCUT2D eigenvalue weighted by Crippen LogP contribution is 2.32. The predicted molar refractivity (Wildman–Crippen MR) is 117 cm³/mol. The maximum absolute atomic E-state index is 13.1. The molecule has 1 saturated heterocycles. The number of fused-ring (bicyclic) bond motifs is 1. The van der Waals surface area contributed by atoms with Crippen molar-refractivity contribution in [2.24, 2.45) is 0 Å². The van der Waals surface area contributed by atoms with Crippen LogP contribution in [0.1, 0.15) is 31.7 Å². The van der Waals surface area contributed by atoms with Gasteiger partial charge in [-0.05, 0) is 24.6 Å². The number of amides is 1. The van der Waals surface area contributed by atoms with Crippen LogP contribution < -0.4 is 10.9 Å². The highest BCUT2D eigenvalue weighted by Gasteiger charge is 2.33. The van der Waals surface area contributed by atoms with Crippen LogP contribution in [0.2, 0.25) is 0 Å². The third-order valence-electron chi connectivity index (χ3n) is 4.28. The summed E-state index contributed by atoms with van der Waals surface area (Å²) in [6.45, 7) is 2.23. The van der Waals surface area contributed by atoms with E-state index in [2.05, 4.69) is 17.2 Å². The first-order chi connectivity index (χ1) is 13.9. The fourth-order valence-electron chi connectivity index (χ4n) is 2.85. The van der Waals surface area contributed by atoms with Crippen molar-refractivity contribution in [2.75, 3.05) is 18.4 Å². The highest BCUT2D eigenvalue weighted by atomic mass is 32.2. The second kappa shape index (κ2) is 9.19. The number of hydrogen-bond donors (Lipinski definition) is 2. The molecule has 2 aromatic rings. The van der Waals surface area contributed by atoms with Crippen molar-refractivity contribution in [1.82, 2.24) is 14.3 Å². The molecule has 0 aromatic carbocycles. The molecule has 1 aliphatic rings. The van der Waals surface area contributed by atoms with Crippen LogP contribution in [-0.2, 0) is 9.59 Å². The van der Waals surface area contributed by atoms with E-state index in [4.69, 9.17) is 17.3 Å². The van der Waals surface area contributed by atoms with Gasteiger partial charge in [-0.3, -0.25) is 23.7 Å². The van der Waals surface area contributed by atoms with Crippen molar-refractivity contribution in [2.45, 2.75) is 26.2 Å². The van der Waals surface area contributed by atoms with Gasteiger partial charge in [-0.1, -0.05) is 49.8 Å². The second-order valence-corrected chi connectivity index (χ2v) is 8.08. The van der Waals surface area contributed by atoms with E-state index in [1.165, 1.54) is 10.5 Å². The molecule has 1 amide bonds. The zero-order chi connectivity index (χ0) is 21.0. The number of rotatable bonds is 8. The summed E-state index contributed by atoms with van der Waals surface area (Å²) in [5.41, 5.74) is 0.407. The molecule has 0 bridgehead atoms. The number of nitrogens with zero attached hydrogens (tertiary/aromatic N) is 3. The Hall–Kier alpha value is -2.72. The molecule has 3 heterocycles. The number of carboxylic acid groups (broad SMARTS) is 1. The zero-order valence-electron chi connectivity index (χ0n) is 15.8. The van der Waals surface area contributed by atoms with Crippen molar-refractivity contribution in [1.29, 1.82) is 0 Å². The molecule has 152 valence electrons. The molecular formula is C19H20N4O4S2. The Kier molecular flexibility index (Phi) is 6.65. The highest BCUT2D eigenvalue weighted by molar-refractivity contribution is 8.26. The van der Waals surface area contributed by atoms with Crippen LogP contribution in [0.4, 0.5) is 5.82 Å². The topological polar surface area (TPSA) is 104 Å². The third kappa shape index (κ3) is 4.65. The molecule has 10 heteroatoms. The Balaban J connectivity index is 2.03. The maximum Gasteiger partial charge on any atom is 0.323 e.